The Morgan fingerprint density at radius 3 is 1.88 bits per heavy atom. The highest BCUT2D eigenvalue weighted by Crippen LogP contribution is 2.29. The van der Waals surface area contributed by atoms with Crippen LogP contribution in [-0.4, -0.2) is 61.9 Å². The molecule has 0 aliphatic carbocycles. The summed E-state index contributed by atoms with van der Waals surface area (Å²) in [4.78, 5) is 20.7. The average molecular weight is 442 g/mol. The van der Waals surface area contributed by atoms with E-state index in [2.05, 4.69) is 57.0 Å². The topological polar surface area (TPSA) is 75.3 Å². The molecule has 4 atom stereocenters. The van der Waals surface area contributed by atoms with Crippen molar-refractivity contribution in [3.8, 4) is 0 Å². The lowest BCUT2D eigenvalue weighted by atomic mass is 10.00. The van der Waals surface area contributed by atoms with Crippen LogP contribution < -0.4 is 4.89 Å². The molecule has 26 heavy (non-hydrogen) atoms. The Morgan fingerprint density at radius 2 is 1.46 bits per heavy atom. The summed E-state index contributed by atoms with van der Waals surface area (Å²) >= 11 is 3.95. The molecule has 1 fully saturated rings. The summed E-state index contributed by atoms with van der Waals surface area (Å²) in [5.41, 5.74) is 0. The highest BCUT2D eigenvalue weighted by molar-refractivity contribution is 7.77. The Balaban J connectivity index is 3.14. The maximum atomic E-state index is 12.7. The minimum absolute atomic E-state index is 0.280. The molecule has 1 saturated heterocycles. The molecule has 1 aliphatic heterocycles. The van der Waals surface area contributed by atoms with Gasteiger partial charge in [0.2, 0.25) is 0 Å². The Hall–Kier alpha value is 0.271. The summed E-state index contributed by atoms with van der Waals surface area (Å²) in [7, 11) is -5.75. The van der Waals surface area contributed by atoms with Gasteiger partial charge in [0, 0.05) is 0 Å². The van der Waals surface area contributed by atoms with E-state index in [4.69, 9.17) is 22.9 Å². The van der Waals surface area contributed by atoms with E-state index in [-0.39, 0.29) is 6.61 Å². The van der Waals surface area contributed by atoms with Crippen LogP contribution in [-0.2, 0) is 27.6 Å². The highest BCUT2D eigenvalue weighted by Gasteiger charge is 2.51. The number of nitrogens with one attached hydrogen (secondary N) is 1. The van der Waals surface area contributed by atoms with Gasteiger partial charge >= 0.3 is 5.97 Å². The van der Waals surface area contributed by atoms with Gasteiger partial charge in [0.15, 0.2) is 37.2 Å². The Bertz CT molecular complexity index is 477. The maximum Gasteiger partial charge on any atom is 0.337 e. The number of rotatable bonds is 9. The van der Waals surface area contributed by atoms with Crippen molar-refractivity contribution < 1.29 is 27.6 Å². The van der Waals surface area contributed by atoms with Crippen molar-refractivity contribution in [3.63, 3.8) is 0 Å². The Kier molecular flexibility index (Phi) is 8.58. The van der Waals surface area contributed by atoms with Gasteiger partial charge in [0.05, 0.1) is 6.61 Å². The predicted molar refractivity (Wildman–Crippen MR) is 113 cm³/mol. The third kappa shape index (κ3) is 8.52. The summed E-state index contributed by atoms with van der Waals surface area (Å²) in [6, 6.07) is 0. The smallest absolute Gasteiger partial charge is 0.337 e. The summed E-state index contributed by atoms with van der Waals surface area (Å²) in [6.07, 6.45) is -2.56. The minimum atomic E-state index is -2.02. The van der Waals surface area contributed by atoms with E-state index in [1.165, 1.54) is 0 Å². The van der Waals surface area contributed by atoms with Gasteiger partial charge in [-0.05, 0) is 58.9 Å². The third-order valence-corrected chi connectivity index (χ3v) is 6.41. The molecule has 7 nitrogen and oxygen atoms in total. The van der Waals surface area contributed by atoms with E-state index in [0.29, 0.717) is 0 Å². The Morgan fingerprint density at radius 1 is 0.923 bits per heavy atom. The van der Waals surface area contributed by atoms with Crippen LogP contribution in [0.3, 0.4) is 0 Å². The molecule has 0 saturated carbocycles. The van der Waals surface area contributed by atoms with Crippen molar-refractivity contribution >= 4 is 43.7 Å². The standard InChI is InChI=1S/C15H35NO6SSi3/c1-24(2,3)18-10-11-12(21-25(4,5)6)13(20-16-23)14(15(17)19-11)22-26(7,8)9/h11-14,16,23H,10H2,1-9H3/t11-,12-,13+,14-/m1/s1. The highest BCUT2D eigenvalue weighted by atomic mass is 32.1. The second-order valence-corrected chi connectivity index (χ2v) is 23.0. The molecule has 0 radical (unpaired) electrons. The van der Waals surface area contributed by atoms with Crippen molar-refractivity contribution in [3.05, 3.63) is 0 Å². The molecule has 0 aromatic carbocycles. The van der Waals surface area contributed by atoms with Gasteiger partial charge in [-0.25, -0.2) is 4.79 Å². The fourth-order valence-corrected chi connectivity index (χ4v) is 5.38. The fraction of sp³-hybridized carbons (Fsp3) is 0.933. The zero-order valence-corrected chi connectivity index (χ0v) is 21.3. The summed E-state index contributed by atoms with van der Waals surface area (Å²) in [5.74, 6) is -0.444. The number of carbonyl (C=O) groups is 1. The molecule has 0 aromatic heterocycles. The first-order valence-electron chi connectivity index (χ1n) is 8.88. The number of cyclic esters (lactones) is 1. The van der Waals surface area contributed by atoms with E-state index in [1.54, 1.807) is 0 Å². The van der Waals surface area contributed by atoms with E-state index in [9.17, 15) is 4.79 Å². The Labute approximate surface area is 166 Å². The van der Waals surface area contributed by atoms with E-state index < -0.39 is 55.3 Å². The molecule has 154 valence electrons. The van der Waals surface area contributed by atoms with E-state index in [1.807, 2.05) is 19.6 Å². The first-order chi connectivity index (χ1) is 11.6. The lowest BCUT2D eigenvalue weighted by Gasteiger charge is -2.44. The summed E-state index contributed by atoms with van der Waals surface area (Å²) in [5, 5.41) is 0. The van der Waals surface area contributed by atoms with Crippen LogP contribution in [0.5, 0.6) is 0 Å². The second-order valence-electron chi connectivity index (χ2n) is 9.42. The van der Waals surface area contributed by atoms with Crippen molar-refractivity contribution in [2.45, 2.75) is 83.3 Å². The second kappa shape index (κ2) is 9.18. The van der Waals surface area contributed by atoms with Gasteiger partial charge in [-0.3, -0.25) is 4.84 Å². The largest absolute Gasteiger partial charge is 0.455 e. The van der Waals surface area contributed by atoms with Crippen LogP contribution in [0.2, 0.25) is 58.9 Å². The van der Waals surface area contributed by atoms with Crippen LogP contribution in [0.25, 0.3) is 0 Å². The van der Waals surface area contributed by atoms with Crippen molar-refractivity contribution in [2.75, 3.05) is 6.61 Å². The zero-order valence-electron chi connectivity index (χ0n) is 17.4. The number of thiol groups is 1. The molecule has 1 aliphatic rings. The molecule has 0 spiro atoms. The molecule has 1 N–H and O–H groups in total. The van der Waals surface area contributed by atoms with Crippen molar-refractivity contribution in [1.29, 1.82) is 0 Å². The number of carbonyl (C=O) groups excluding carboxylic acids is 1. The lowest BCUT2D eigenvalue weighted by Crippen LogP contribution is -2.63. The molecular weight excluding hydrogens is 406 g/mol. The summed E-state index contributed by atoms with van der Waals surface area (Å²) < 4.78 is 24.1. The minimum Gasteiger partial charge on any atom is -0.455 e. The van der Waals surface area contributed by atoms with Gasteiger partial charge in [0.1, 0.15) is 12.2 Å². The van der Waals surface area contributed by atoms with Gasteiger partial charge < -0.3 is 18.0 Å². The monoisotopic (exact) mass is 441 g/mol. The molecule has 0 amide bonds. The molecule has 1 rings (SSSR count). The first kappa shape index (κ1) is 24.3. The molecule has 0 unspecified atom stereocenters. The van der Waals surface area contributed by atoms with Crippen LogP contribution in [0, 0.1) is 0 Å². The van der Waals surface area contributed by atoms with Crippen molar-refractivity contribution in [2.24, 2.45) is 0 Å². The fourth-order valence-electron chi connectivity index (χ4n) is 2.50. The van der Waals surface area contributed by atoms with Gasteiger partial charge in [0.25, 0.3) is 0 Å². The number of esters is 1. The van der Waals surface area contributed by atoms with Crippen LogP contribution in [0.1, 0.15) is 0 Å². The van der Waals surface area contributed by atoms with Gasteiger partial charge in [-0.2, -0.15) is 0 Å². The summed E-state index contributed by atoms with van der Waals surface area (Å²) in [6.45, 7) is 18.8. The maximum absolute atomic E-state index is 12.7. The number of hydrogen-bond donors (Lipinski definition) is 2. The van der Waals surface area contributed by atoms with Crippen LogP contribution >= 0.6 is 12.8 Å². The SMILES string of the molecule is C[Si](C)(C)OC[C@H]1OC(=O)[C@H](O[Si](C)(C)C)[C@@H](ONS)[C@@H]1O[Si](C)(C)C. The van der Waals surface area contributed by atoms with Gasteiger partial charge in [-0.1, -0.05) is 12.8 Å². The molecular formula is C15H35NO6SSi3. The molecule has 0 bridgehead atoms. The lowest BCUT2D eigenvalue weighted by molar-refractivity contribution is -0.212. The van der Waals surface area contributed by atoms with Gasteiger partial charge in [-0.15, -0.1) is 4.89 Å². The van der Waals surface area contributed by atoms with Crippen molar-refractivity contribution in [1.82, 2.24) is 4.89 Å². The predicted octanol–water partition coefficient (Wildman–Crippen LogP) is 2.94. The molecule has 0 aromatic rings. The normalized spacial score (nSPS) is 28.2. The number of hydrogen-bond acceptors (Lipinski definition) is 8. The van der Waals surface area contributed by atoms with E-state index >= 15 is 0 Å². The molecule has 11 heteroatoms. The number of ether oxygens (including phenoxy) is 1. The third-order valence-electron chi connectivity index (χ3n) is 3.33. The van der Waals surface area contributed by atoms with Crippen LogP contribution in [0.15, 0.2) is 0 Å². The zero-order chi connectivity index (χ0) is 20.3. The quantitative estimate of drug-likeness (QED) is 0.247. The van der Waals surface area contributed by atoms with Crippen LogP contribution in [0.4, 0.5) is 0 Å². The average Bonchev–Trinajstić information content (AvgIpc) is 2.40. The first-order valence-corrected chi connectivity index (χ1v) is 19.5. The van der Waals surface area contributed by atoms with E-state index in [0.717, 1.165) is 0 Å². The molecule has 1 heterocycles.